The summed E-state index contributed by atoms with van der Waals surface area (Å²) in [5, 5.41) is 10.5. The Morgan fingerprint density at radius 3 is 2.37 bits per heavy atom. The molecule has 0 spiro atoms. The molecule has 0 N–H and O–H groups in total. The van der Waals surface area contributed by atoms with Crippen molar-refractivity contribution >= 4 is 5.69 Å². The van der Waals surface area contributed by atoms with Gasteiger partial charge in [-0.2, -0.15) is 0 Å². The topological polar surface area (TPSA) is 52.4 Å². The van der Waals surface area contributed by atoms with E-state index in [2.05, 4.69) is 6.07 Å². The Morgan fingerprint density at radius 2 is 1.79 bits per heavy atom. The van der Waals surface area contributed by atoms with Crippen LogP contribution in [0.15, 0.2) is 42.5 Å². The lowest BCUT2D eigenvalue weighted by Gasteiger charge is -2.09. The molecule has 0 aliphatic carbocycles. The average molecular weight is 257 g/mol. The van der Waals surface area contributed by atoms with E-state index in [0.717, 1.165) is 16.9 Å². The third kappa shape index (κ3) is 3.31. The molecule has 0 saturated carbocycles. The molecule has 0 fully saturated rings. The van der Waals surface area contributed by atoms with Gasteiger partial charge in [0.15, 0.2) is 0 Å². The lowest BCUT2D eigenvalue weighted by molar-refractivity contribution is -0.384. The number of hydrogen-bond acceptors (Lipinski definition) is 3. The highest BCUT2D eigenvalue weighted by molar-refractivity contribution is 5.36. The summed E-state index contributed by atoms with van der Waals surface area (Å²) in [4.78, 5) is 10.1. The van der Waals surface area contributed by atoms with Crippen molar-refractivity contribution in [3.05, 3.63) is 69.3 Å². The second kappa shape index (κ2) is 5.52. The lowest BCUT2D eigenvalue weighted by atomic mass is 10.1. The molecule has 0 atom stereocenters. The van der Waals surface area contributed by atoms with Gasteiger partial charge in [0.2, 0.25) is 0 Å². The Balaban J connectivity index is 2.04. The van der Waals surface area contributed by atoms with E-state index in [4.69, 9.17) is 4.74 Å². The Morgan fingerprint density at radius 1 is 1.11 bits per heavy atom. The average Bonchev–Trinajstić information content (AvgIpc) is 2.38. The van der Waals surface area contributed by atoms with Crippen molar-refractivity contribution in [2.45, 2.75) is 20.5 Å². The van der Waals surface area contributed by atoms with Crippen molar-refractivity contribution in [2.24, 2.45) is 0 Å². The first-order valence-electron chi connectivity index (χ1n) is 5.99. The summed E-state index contributed by atoms with van der Waals surface area (Å²) in [6.45, 7) is 4.44. The van der Waals surface area contributed by atoms with Gasteiger partial charge < -0.3 is 4.74 Å². The highest BCUT2D eigenvalue weighted by Crippen LogP contribution is 2.20. The van der Waals surface area contributed by atoms with Gasteiger partial charge >= 0.3 is 0 Å². The van der Waals surface area contributed by atoms with E-state index in [1.54, 1.807) is 12.1 Å². The van der Waals surface area contributed by atoms with Gasteiger partial charge in [-0.05, 0) is 43.2 Å². The summed E-state index contributed by atoms with van der Waals surface area (Å²) < 4.78 is 5.71. The van der Waals surface area contributed by atoms with Crippen LogP contribution in [-0.2, 0) is 6.61 Å². The van der Waals surface area contributed by atoms with Crippen molar-refractivity contribution in [3.8, 4) is 5.75 Å². The smallest absolute Gasteiger partial charge is 0.269 e. The minimum Gasteiger partial charge on any atom is -0.489 e. The predicted octanol–water partition coefficient (Wildman–Crippen LogP) is 3.79. The van der Waals surface area contributed by atoms with Crippen LogP contribution in [-0.4, -0.2) is 4.92 Å². The van der Waals surface area contributed by atoms with Crippen LogP contribution in [0.3, 0.4) is 0 Å². The van der Waals surface area contributed by atoms with Crippen molar-refractivity contribution in [3.63, 3.8) is 0 Å². The molecule has 0 amide bonds. The minimum atomic E-state index is -0.408. The zero-order valence-corrected chi connectivity index (χ0v) is 10.9. The molecule has 98 valence electrons. The molecule has 0 aliphatic heterocycles. The Labute approximate surface area is 111 Å². The van der Waals surface area contributed by atoms with E-state index in [1.807, 2.05) is 26.0 Å². The maximum atomic E-state index is 10.5. The second-order valence-electron chi connectivity index (χ2n) is 4.48. The first-order valence-corrected chi connectivity index (χ1v) is 5.99. The molecule has 0 aromatic heterocycles. The van der Waals surface area contributed by atoms with Crippen LogP contribution in [0.2, 0.25) is 0 Å². The van der Waals surface area contributed by atoms with Gasteiger partial charge in [0.25, 0.3) is 5.69 Å². The SMILES string of the molecule is Cc1ccc(OCc2ccc([N+](=O)[O-])cc2)c(C)c1. The maximum Gasteiger partial charge on any atom is 0.269 e. The molecule has 0 saturated heterocycles. The molecule has 4 heteroatoms. The van der Waals surface area contributed by atoms with Crippen LogP contribution >= 0.6 is 0 Å². The Kier molecular flexibility index (Phi) is 3.80. The van der Waals surface area contributed by atoms with Gasteiger partial charge in [0, 0.05) is 12.1 Å². The van der Waals surface area contributed by atoms with Crippen LogP contribution in [0.25, 0.3) is 0 Å². The summed E-state index contributed by atoms with van der Waals surface area (Å²) in [6.07, 6.45) is 0. The molecular formula is C15H15NO3. The van der Waals surface area contributed by atoms with Crippen molar-refractivity contribution < 1.29 is 9.66 Å². The Hall–Kier alpha value is -2.36. The molecule has 0 heterocycles. The molecule has 2 aromatic rings. The van der Waals surface area contributed by atoms with Crippen LogP contribution in [0.5, 0.6) is 5.75 Å². The molecule has 0 unspecified atom stereocenters. The van der Waals surface area contributed by atoms with Gasteiger partial charge in [-0.15, -0.1) is 0 Å². The zero-order valence-electron chi connectivity index (χ0n) is 10.9. The van der Waals surface area contributed by atoms with E-state index >= 15 is 0 Å². The van der Waals surface area contributed by atoms with Crippen LogP contribution in [0, 0.1) is 24.0 Å². The molecule has 0 bridgehead atoms. The number of nitro groups is 1. The largest absolute Gasteiger partial charge is 0.489 e. The molecule has 0 radical (unpaired) electrons. The molecule has 2 rings (SSSR count). The highest BCUT2D eigenvalue weighted by Gasteiger charge is 2.05. The summed E-state index contributed by atoms with van der Waals surface area (Å²) in [6, 6.07) is 12.4. The van der Waals surface area contributed by atoms with Crippen LogP contribution < -0.4 is 4.74 Å². The first-order chi connectivity index (χ1) is 9.06. The van der Waals surface area contributed by atoms with Gasteiger partial charge in [-0.3, -0.25) is 10.1 Å². The Bertz CT molecular complexity index is 591. The van der Waals surface area contributed by atoms with Gasteiger partial charge in [0.1, 0.15) is 12.4 Å². The fourth-order valence-corrected chi connectivity index (χ4v) is 1.84. The minimum absolute atomic E-state index is 0.0928. The van der Waals surface area contributed by atoms with E-state index in [-0.39, 0.29) is 5.69 Å². The monoisotopic (exact) mass is 257 g/mol. The molecule has 4 nitrogen and oxygen atoms in total. The number of nitro benzene ring substituents is 1. The molecule has 0 aliphatic rings. The number of non-ortho nitro benzene ring substituents is 1. The lowest BCUT2D eigenvalue weighted by Crippen LogP contribution is -1.97. The van der Waals surface area contributed by atoms with E-state index in [0.29, 0.717) is 6.61 Å². The predicted molar refractivity (Wildman–Crippen MR) is 73.3 cm³/mol. The molecule has 19 heavy (non-hydrogen) atoms. The summed E-state index contributed by atoms with van der Waals surface area (Å²) in [7, 11) is 0. The number of ether oxygens (including phenoxy) is 1. The third-order valence-electron chi connectivity index (χ3n) is 2.87. The zero-order chi connectivity index (χ0) is 13.8. The molecular weight excluding hydrogens is 242 g/mol. The number of hydrogen-bond donors (Lipinski definition) is 0. The standard InChI is InChI=1S/C15H15NO3/c1-11-3-8-15(12(2)9-11)19-10-13-4-6-14(7-5-13)16(17)18/h3-9H,10H2,1-2H3. The number of rotatable bonds is 4. The third-order valence-corrected chi connectivity index (χ3v) is 2.87. The van der Waals surface area contributed by atoms with E-state index in [1.165, 1.54) is 17.7 Å². The van der Waals surface area contributed by atoms with Crippen LogP contribution in [0.4, 0.5) is 5.69 Å². The molecule has 2 aromatic carbocycles. The van der Waals surface area contributed by atoms with Gasteiger partial charge in [-0.1, -0.05) is 17.7 Å². The normalized spacial score (nSPS) is 10.2. The summed E-state index contributed by atoms with van der Waals surface area (Å²) >= 11 is 0. The van der Waals surface area contributed by atoms with Gasteiger partial charge in [0.05, 0.1) is 4.92 Å². The fraction of sp³-hybridized carbons (Fsp3) is 0.200. The van der Waals surface area contributed by atoms with Crippen molar-refractivity contribution in [1.82, 2.24) is 0 Å². The fourth-order valence-electron chi connectivity index (χ4n) is 1.84. The van der Waals surface area contributed by atoms with E-state index < -0.39 is 4.92 Å². The maximum absolute atomic E-state index is 10.5. The number of benzene rings is 2. The number of nitrogens with zero attached hydrogens (tertiary/aromatic N) is 1. The summed E-state index contributed by atoms with van der Waals surface area (Å²) in [5.74, 6) is 0.837. The first kappa shape index (κ1) is 13.1. The van der Waals surface area contributed by atoms with Crippen molar-refractivity contribution in [2.75, 3.05) is 0 Å². The van der Waals surface area contributed by atoms with Crippen molar-refractivity contribution in [1.29, 1.82) is 0 Å². The van der Waals surface area contributed by atoms with Gasteiger partial charge in [-0.25, -0.2) is 0 Å². The quantitative estimate of drug-likeness (QED) is 0.618. The highest BCUT2D eigenvalue weighted by atomic mass is 16.6. The second-order valence-corrected chi connectivity index (χ2v) is 4.48. The number of aryl methyl sites for hydroxylation is 2. The van der Waals surface area contributed by atoms with Crippen LogP contribution in [0.1, 0.15) is 16.7 Å². The van der Waals surface area contributed by atoms with E-state index in [9.17, 15) is 10.1 Å². The summed E-state index contributed by atoms with van der Waals surface area (Å²) in [5.41, 5.74) is 3.28.